The van der Waals surface area contributed by atoms with Crippen LogP contribution < -0.4 is 5.32 Å². The fourth-order valence-electron chi connectivity index (χ4n) is 4.40. The van der Waals surface area contributed by atoms with E-state index in [2.05, 4.69) is 15.3 Å². The lowest BCUT2D eigenvalue weighted by atomic mass is 9.82. The Hall–Kier alpha value is -3.22. The van der Waals surface area contributed by atoms with Gasteiger partial charge >= 0.3 is 0 Å². The Labute approximate surface area is 162 Å². The van der Waals surface area contributed by atoms with Gasteiger partial charge in [0.05, 0.1) is 5.92 Å². The Morgan fingerprint density at radius 2 is 1.93 bits per heavy atom. The minimum atomic E-state index is -0.213. The van der Waals surface area contributed by atoms with E-state index in [0.717, 1.165) is 24.8 Å². The quantitative estimate of drug-likeness (QED) is 0.743. The van der Waals surface area contributed by atoms with Gasteiger partial charge in [-0.3, -0.25) is 14.0 Å². The molecule has 2 aliphatic rings. The number of nitrogens with one attached hydrogen (secondary N) is 1. The number of carbonyl (C=O) groups is 2. The molecule has 0 radical (unpaired) electrons. The molecule has 1 atom stereocenters. The number of aromatic nitrogens is 3. The van der Waals surface area contributed by atoms with Gasteiger partial charge in [0.25, 0.3) is 5.91 Å². The van der Waals surface area contributed by atoms with Crippen molar-refractivity contribution in [2.75, 3.05) is 13.1 Å². The molecule has 7 heteroatoms. The first-order chi connectivity index (χ1) is 13.6. The van der Waals surface area contributed by atoms with E-state index >= 15 is 0 Å². The largest absolute Gasteiger partial charge is 0.350 e. The number of nitrogens with zero attached hydrogens (tertiary/aromatic N) is 4. The molecule has 0 saturated carbocycles. The van der Waals surface area contributed by atoms with Crippen LogP contribution in [0.2, 0.25) is 0 Å². The summed E-state index contributed by atoms with van der Waals surface area (Å²) in [6.07, 6.45) is 7.52. The minimum Gasteiger partial charge on any atom is -0.350 e. The zero-order valence-electron chi connectivity index (χ0n) is 15.4. The molecule has 3 aromatic rings. The highest BCUT2D eigenvalue weighted by atomic mass is 16.2. The number of imidazole rings is 1. The molecule has 4 heterocycles. The van der Waals surface area contributed by atoms with Crippen molar-refractivity contribution >= 4 is 17.6 Å². The van der Waals surface area contributed by atoms with Gasteiger partial charge in [0, 0.05) is 37.2 Å². The zero-order valence-corrected chi connectivity index (χ0v) is 15.4. The second kappa shape index (κ2) is 6.44. The fourth-order valence-corrected chi connectivity index (χ4v) is 4.40. The number of hydrogen-bond donors (Lipinski definition) is 1. The van der Waals surface area contributed by atoms with E-state index in [4.69, 9.17) is 0 Å². The number of amides is 2. The molecule has 1 unspecified atom stereocenters. The molecule has 28 heavy (non-hydrogen) atoms. The normalized spacial score (nSPS) is 21.2. The van der Waals surface area contributed by atoms with Crippen molar-refractivity contribution in [3.8, 4) is 0 Å². The van der Waals surface area contributed by atoms with E-state index in [9.17, 15) is 9.59 Å². The Kier molecular flexibility index (Phi) is 3.89. The van der Waals surface area contributed by atoms with Gasteiger partial charge in [-0.1, -0.05) is 30.3 Å². The number of piperidine rings is 1. The summed E-state index contributed by atoms with van der Waals surface area (Å²) >= 11 is 0. The molecule has 7 nitrogen and oxygen atoms in total. The Bertz CT molecular complexity index is 1000. The Balaban J connectivity index is 1.28. The van der Waals surface area contributed by atoms with Crippen molar-refractivity contribution < 1.29 is 9.59 Å². The van der Waals surface area contributed by atoms with Crippen molar-refractivity contribution in [3.05, 3.63) is 66.2 Å². The highest BCUT2D eigenvalue weighted by Gasteiger charge is 2.46. The predicted octanol–water partition coefficient (Wildman–Crippen LogP) is 2.01. The third-order valence-corrected chi connectivity index (χ3v) is 5.96. The SMILES string of the molecule is O=C1NC2(CCN(C(=O)c3cn4cccnc4n3)CC2)CC1c1ccccc1. The van der Waals surface area contributed by atoms with Crippen LogP contribution in [0.5, 0.6) is 0 Å². The number of hydrogen-bond acceptors (Lipinski definition) is 4. The lowest BCUT2D eigenvalue weighted by Gasteiger charge is -2.39. The second-order valence-electron chi connectivity index (χ2n) is 7.68. The zero-order chi connectivity index (χ0) is 19.1. The molecule has 1 N–H and O–H groups in total. The number of likely N-dealkylation sites (tertiary alicyclic amines) is 1. The molecule has 5 rings (SSSR count). The van der Waals surface area contributed by atoms with E-state index in [1.165, 1.54) is 0 Å². The topological polar surface area (TPSA) is 79.6 Å². The summed E-state index contributed by atoms with van der Waals surface area (Å²) in [6, 6.07) is 11.7. The summed E-state index contributed by atoms with van der Waals surface area (Å²) in [6.45, 7) is 1.23. The first kappa shape index (κ1) is 16.9. The van der Waals surface area contributed by atoms with Crippen molar-refractivity contribution in [1.82, 2.24) is 24.6 Å². The second-order valence-corrected chi connectivity index (χ2v) is 7.68. The number of rotatable bonds is 2. The van der Waals surface area contributed by atoms with Crippen LogP contribution in [0.1, 0.15) is 41.2 Å². The van der Waals surface area contributed by atoms with E-state index in [0.29, 0.717) is 24.6 Å². The maximum Gasteiger partial charge on any atom is 0.274 e. The molecule has 2 aliphatic heterocycles. The van der Waals surface area contributed by atoms with Crippen molar-refractivity contribution in [3.63, 3.8) is 0 Å². The number of carbonyl (C=O) groups excluding carboxylic acids is 2. The van der Waals surface area contributed by atoms with Crippen LogP contribution in [-0.2, 0) is 4.79 Å². The fraction of sp³-hybridized carbons (Fsp3) is 0.333. The molecule has 2 aromatic heterocycles. The third kappa shape index (κ3) is 2.83. The van der Waals surface area contributed by atoms with Crippen LogP contribution in [0.3, 0.4) is 0 Å². The predicted molar refractivity (Wildman–Crippen MR) is 103 cm³/mol. The highest BCUT2D eigenvalue weighted by molar-refractivity contribution is 5.93. The molecule has 2 amide bonds. The molecular formula is C21H21N5O2. The summed E-state index contributed by atoms with van der Waals surface area (Å²) in [5.74, 6) is 0.433. The summed E-state index contributed by atoms with van der Waals surface area (Å²) in [4.78, 5) is 35.8. The van der Waals surface area contributed by atoms with Gasteiger partial charge in [-0.05, 0) is 30.9 Å². The first-order valence-electron chi connectivity index (χ1n) is 9.60. The van der Waals surface area contributed by atoms with E-state index in [1.54, 1.807) is 22.9 Å². The summed E-state index contributed by atoms with van der Waals surface area (Å²) < 4.78 is 1.75. The van der Waals surface area contributed by atoms with Crippen molar-refractivity contribution in [2.45, 2.75) is 30.7 Å². The molecule has 1 aromatic carbocycles. The average molecular weight is 375 g/mol. The van der Waals surface area contributed by atoms with Crippen LogP contribution in [0.4, 0.5) is 0 Å². The standard InChI is InChI=1S/C21H21N5O2/c27-18-16(15-5-2-1-3-6-15)13-21(24-18)7-11-25(12-8-21)19(28)17-14-26-10-4-9-22-20(26)23-17/h1-6,9-10,14,16H,7-8,11-13H2,(H,24,27). The van der Waals surface area contributed by atoms with Gasteiger partial charge in [0.15, 0.2) is 0 Å². The van der Waals surface area contributed by atoms with Crippen molar-refractivity contribution in [2.24, 2.45) is 0 Å². The van der Waals surface area contributed by atoms with Gasteiger partial charge in [0.2, 0.25) is 11.7 Å². The van der Waals surface area contributed by atoms with Gasteiger partial charge in [-0.15, -0.1) is 0 Å². The molecule has 2 fully saturated rings. The van der Waals surface area contributed by atoms with Gasteiger partial charge in [-0.2, -0.15) is 0 Å². The van der Waals surface area contributed by atoms with Gasteiger partial charge < -0.3 is 10.2 Å². The average Bonchev–Trinajstić information content (AvgIpc) is 3.30. The van der Waals surface area contributed by atoms with Crippen molar-refractivity contribution in [1.29, 1.82) is 0 Å². The van der Waals surface area contributed by atoms with E-state index in [-0.39, 0.29) is 23.3 Å². The maximum absolute atomic E-state index is 12.9. The Morgan fingerprint density at radius 1 is 1.14 bits per heavy atom. The van der Waals surface area contributed by atoms with Crippen LogP contribution in [0, 0.1) is 0 Å². The van der Waals surface area contributed by atoms with Crippen LogP contribution >= 0.6 is 0 Å². The molecule has 1 spiro atoms. The summed E-state index contributed by atoms with van der Waals surface area (Å²) in [7, 11) is 0. The van der Waals surface area contributed by atoms with E-state index in [1.807, 2.05) is 41.4 Å². The maximum atomic E-state index is 12.9. The molecule has 2 saturated heterocycles. The Morgan fingerprint density at radius 3 is 2.68 bits per heavy atom. The first-order valence-corrected chi connectivity index (χ1v) is 9.60. The number of fused-ring (bicyclic) bond motifs is 1. The molecular weight excluding hydrogens is 354 g/mol. The van der Waals surface area contributed by atoms with Crippen LogP contribution in [0.25, 0.3) is 5.78 Å². The summed E-state index contributed by atoms with van der Waals surface area (Å²) in [5.41, 5.74) is 1.26. The van der Waals surface area contributed by atoms with Gasteiger partial charge in [-0.25, -0.2) is 9.97 Å². The lowest BCUT2D eigenvalue weighted by molar-refractivity contribution is -0.121. The number of benzene rings is 1. The third-order valence-electron chi connectivity index (χ3n) is 5.96. The lowest BCUT2D eigenvalue weighted by Crippen LogP contribution is -2.52. The van der Waals surface area contributed by atoms with Crippen LogP contribution in [0.15, 0.2) is 55.0 Å². The molecule has 142 valence electrons. The van der Waals surface area contributed by atoms with Gasteiger partial charge in [0.1, 0.15) is 5.69 Å². The smallest absolute Gasteiger partial charge is 0.274 e. The minimum absolute atomic E-state index is 0.0794. The van der Waals surface area contributed by atoms with E-state index < -0.39 is 0 Å². The summed E-state index contributed by atoms with van der Waals surface area (Å²) in [5, 5.41) is 3.23. The molecule has 0 bridgehead atoms. The van der Waals surface area contributed by atoms with Crippen LogP contribution in [-0.4, -0.2) is 49.7 Å². The monoisotopic (exact) mass is 375 g/mol. The highest BCUT2D eigenvalue weighted by Crippen LogP contribution is 2.39. The molecule has 0 aliphatic carbocycles.